The summed E-state index contributed by atoms with van der Waals surface area (Å²) in [4.78, 5) is 36.2. The number of aromatic nitrogens is 6. The molecule has 2 aliphatic rings. The summed E-state index contributed by atoms with van der Waals surface area (Å²) in [7, 11) is 0. The first-order valence-corrected chi connectivity index (χ1v) is 10.9. The van der Waals surface area contributed by atoms with Gasteiger partial charge in [-0.15, -0.1) is 0 Å². The Kier molecular flexibility index (Phi) is 5.10. The van der Waals surface area contributed by atoms with Gasteiger partial charge in [-0.2, -0.15) is 5.10 Å². The van der Waals surface area contributed by atoms with Gasteiger partial charge in [0, 0.05) is 49.3 Å². The molecule has 0 bridgehead atoms. The van der Waals surface area contributed by atoms with Crippen LogP contribution in [-0.4, -0.2) is 53.3 Å². The average molecular weight is 409 g/mol. The summed E-state index contributed by atoms with van der Waals surface area (Å²) in [6, 6.07) is 2.00. The van der Waals surface area contributed by atoms with Crippen molar-refractivity contribution >= 4 is 11.6 Å². The third kappa shape index (κ3) is 3.64. The number of fused-ring (bicyclic) bond motifs is 2. The fourth-order valence-corrected chi connectivity index (χ4v) is 4.74. The Balaban J connectivity index is 1.28. The van der Waals surface area contributed by atoms with Crippen LogP contribution in [-0.2, 0) is 24.2 Å². The summed E-state index contributed by atoms with van der Waals surface area (Å²) >= 11 is 0. The zero-order valence-electron chi connectivity index (χ0n) is 17.1. The van der Waals surface area contributed by atoms with Crippen LogP contribution < -0.4 is 5.56 Å². The zero-order valence-corrected chi connectivity index (χ0v) is 17.1. The number of piperidine rings is 1. The fourth-order valence-electron chi connectivity index (χ4n) is 4.74. The van der Waals surface area contributed by atoms with E-state index in [0.717, 1.165) is 68.4 Å². The van der Waals surface area contributed by atoms with Crippen LogP contribution >= 0.6 is 0 Å². The lowest BCUT2D eigenvalue weighted by atomic mass is 9.94. The maximum Gasteiger partial charge on any atom is 0.276 e. The van der Waals surface area contributed by atoms with E-state index < -0.39 is 0 Å². The molecule has 1 atom stereocenters. The predicted octanol–water partition coefficient (Wildman–Crippen LogP) is 1.68. The van der Waals surface area contributed by atoms with E-state index in [-0.39, 0.29) is 17.4 Å². The van der Waals surface area contributed by atoms with E-state index in [1.807, 2.05) is 11.0 Å². The third-order valence-corrected chi connectivity index (χ3v) is 6.36. The SMILES string of the molecule is O=C(CCCn1cncn1)N1CCCC(c2cc3nc4c(c(=O)n3[nH]2)CCCC4)C1. The molecule has 0 radical (unpaired) electrons. The molecule has 5 rings (SSSR count). The van der Waals surface area contributed by atoms with Gasteiger partial charge >= 0.3 is 0 Å². The lowest BCUT2D eigenvalue weighted by Crippen LogP contribution is -2.39. The van der Waals surface area contributed by atoms with E-state index in [9.17, 15) is 9.59 Å². The second-order valence-corrected chi connectivity index (χ2v) is 8.40. The largest absolute Gasteiger partial charge is 0.342 e. The van der Waals surface area contributed by atoms with E-state index in [4.69, 9.17) is 4.98 Å². The van der Waals surface area contributed by atoms with Crippen LogP contribution in [0.25, 0.3) is 5.65 Å². The molecule has 158 valence electrons. The van der Waals surface area contributed by atoms with E-state index in [2.05, 4.69) is 15.2 Å². The molecule has 0 aromatic carbocycles. The monoisotopic (exact) mass is 409 g/mol. The topological polar surface area (TPSA) is 101 Å². The number of nitrogens with one attached hydrogen (secondary N) is 1. The Labute approximate surface area is 174 Å². The number of H-pyrrole nitrogens is 1. The van der Waals surface area contributed by atoms with Crippen LogP contribution in [0.3, 0.4) is 0 Å². The van der Waals surface area contributed by atoms with Gasteiger partial charge in [-0.25, -0.2) is 14.5 Å². The molecule has 0 saturated carbocycles. The standard InChI is InChI=1S/C21H27N7O2/c29-20(8-4-10-27-14-22-13-23-27)26-9-3-5-15(12-26)18-11-19-24-17-7-2-1-6-16(17)21(30)28(19)25-18/h11,13-15,25H,1-10,12H2. The quantitative estimate of drug-likeness (QED) is 0.691. The third-order valence-electron chi connectivity index (χ3n) is 6.36. The minimum Gasteiger partial charge on any atom is -0.342 e. The molecule has 1 aliphatic heterocycles. The molecule has 4 heterocycles. The molecule has 30 heavy (non-hydrogen) atoms. The first kappa shape index (κ1) is 19.0. The van der Waals surface area contributed by atoms with Gasteiger partial charge in [-0.3, -0.25) is 19.4 Å². The number of nitrogens with zero attached hydrogens (tertiary/aromatic N) is 6. The Morgan fingerprint density at radius 2 is 2.13 bits per heavy atom. The highest BCUT2D eigenvalue weighted by atomic mass is 16.2. The minimum atomic E-state index is 0.0396. The summed E-state index contributed by atoms with van der Waals surface area (Å²) in [6.07, 6.45) is 10.3. The number of hydrogen-bond donors (Lipinski definition) is 1. The zero-order chi connectivity index (χ0) is 20.5. The number of rotatable bonds is 5. The Bertz CT molecular complexity index is 1100. The van der Waals surface area contributed by atoms with Crippen LogP contribution in [0, 0.1) is 0 Å². The van der Waals surface area contributed by atoms with Gasteiger partial charge in [-0.05, 0) is 44.9 Å². The molecule has 1 saturated heterocycles. The number of hydrogen-bond acceptors (Lipinski definition) is 5. The van der Waals surface area contributed by atoms with Gasteiger partial charge in [0.05, 0.1) is 5.69 Å². The van der Waals surface area contributed by atoms with Crippen LogP contribution in [0.15, 0.2) is 23.5 Å². The van der Waals surface area contributed by atoms with Gasteiger partial charge in [0.15, 0.2) is 5.65 Å². The van der Waals surface area contributed by atoms with Crippen LogP contribution in [0.2, 0.25) is 0 Å². The van der Waals surface area contributed by atoms with Gasteiger partial charge in [-0.1, -0.05) is 0 Å². The number of aromatic amines is 1. The molecule has 1 amide bonds. The molecular formula is C21H27N7O2. The van der Waals surface area contributed by atoms with Crippen LogP contribution in [0.5, 0.6) is 0 Å². The van der Waals surface area contributed by atoms with Crippen molar-refractivity contribution in [3.8, 4) is 0 Å². The highest BCUT2D eigenvalue weighted by Crippen LogP contribution is 2.27. The normalized spacial score (nSPS) is 19.2. The van der Waals surface area contributed by atoms with Crippen molar-refractivity contribution in [2.45, 2.75) is 63.8 Å². The molecule has 9 heteroatoms. The Morgan fingerprint density at radius 3 is 3.00 bits per heavy atom. The molecular weight excluding hydrogens is 382 g/mol. The lowest BCUT2D eigenvalue weighted by Gasteiger charge is -2.32. The van der Waals surface area contributed by atoms with Crippen LogP contribution in [0.4, 0.5) is 0 Å². The second kappa shape index (κ2) is 8.04. The summed E-state index contributed by atoms with van der Waals surface area (Å²) in [5.41, 5.74) is 3.57. The Hall–Kier alpha value is -2.97. The molecule has 9 nitrogen and oxygen atoms in total. The summed E-state index contributed by atoms with van der Waals surface area (Å²) in [6.45, 7) is 2.18. The van der Waals surface area contributed by atoms with Crippen molar-refractivity contribution in [1.82, 2.24) is 34.3 Å². The Morgan fingerprint density at radius 1 is 1.23 bits per heavy atom. The van der Waals surface area contributed by atoms with Crippen molar-refractivity contribution in [3.63, 3.8) is 0 Å². The maximum absolute atomic E-state index is 12.9. The highest BCUT2D eigenvalue weighted by molar-refractivity contribution is 5.76. The van der Waals surface area contributed by atoms with Crippen molar-refractivity contribution < 1.29 is 4.79 Å². The lowest BCUT2D eigenvalue weighted by molar-refractivity contribution is -0.132. The summed E-state index contributed by atoms with van der Waals surface area (Å²) in [5.74, 6) is 0.387. The molecule has 1 fully saturated rings. The minimum absolute atomic E-state index is 0.0396. The maximum atomic E-state index is 12.9. The number of aryl methyl sites for hydroxylation is 2. The number of likely N-dealkylation sites (tertiary alicyclic amines) is 1. The van der Waals surface area contributed by atoms with E-state index in [0.29, 0.717) is 25.2 Å². The van der Waals surface area contributed by atoms with E-state index in [1.54, 1.807) is 15.5 Å². The number of carbonyl (C=O) groups excluding carboxylic acids is 1. The van der Waals surface area contributed by atoms with Gasteiger partial charge in [0.2, 0.25) is 5.91 Å². The molecule has 3 aromatic heterocycles. The predicted molar refractivity (Wildman–Crippen MR) is 110 cm³/mol. The van der Waals surface area contributed by atoms with Crippen molar-refractivity contribution in [2.24, 2.45) is 0 Å². The number of carbonyl (C=O) groups is 1. The van der Waals surface area contributed by atoms with Crippen molar-refractivity contribution in [1.29, 1.82) is 0 Å². The first-order valence-electron chi connectivity index (χ1n) is 10.9. The highest BCUT2D eigenvalue weighted by Gasteiger charge is 2.27. The molecule has 1 aliphatic carbocycles. The summed E-state index contributed by atoms with van der Waals surface area (Å²) < 4.78 is 3.35. The van der Waals surface area contributed by atoms with Gasteiger partial charge < -0.3 is 4.90 Å². The average Bonchev–Trinajstić information content (AvgIpc) is 3.44. The molecule has 3 aromatic rings. The fraction of sp³-hybridized carbons (Fsp3) is 0.571. The van der Waals surface area contributed by atoms with Crippen molar-refractivity contribution in [3.05, 3.63) is 46.0 Å². The second-order valence-electron chi connectivity index (χ2n) is 8.40. The molecule has 1 N–H and O–H groups in total. The van der Waals surface area contributed by atoms with E-state index >= 15 is 0 Å². The number of amides is 1. The first-order chi connectivity index (χ1) is 14.7. The van der Waals surface area contributed by atoms with Crippen molar-refractivity contribution in [2.75, 3.05) is 13.1 Å². The van der Waals surface area contributed by atoms with E-state index in [1.165, 1.54) is 6.33 Å². The van der Waals surface area contributed by atoms with Gasteiger partial charge in [0.1, 0.15) is 12.7 Å². The molecule has 1 unspecified atom stereocenters. The van der Waals surface area contributed by atoms with Crippen LogP contribution in [0.1, 0.15) is 61.4 Å². The van der Waals surface area contributed by atoms with Gasteiger partial charge in [0.25, 0.3) is 5.56 Å². The molecule has 0 spiro atoms. The summed E-state index contributed by atoms with van der Waals surface area (Å²) in [5, 5.41) is 7.37. The smallest absolute Gasteiger partial charge is 0.276 e.